The van der Waals surface area contributed by atoms with E-state index in [1.807, 2.05) is 0 Å². The molecule has 1 aromatic rings. The highest BCUT2D eigenvalue weighted by Gasteiger charge is 2.19. The lowest BCUT2D eigenvalue weighted by molar-refractivity contribution is 0.424. The SMILES string of the molecule is CCNC1CCN(c2ccc(C)cc2Br)CC1. The van der Waals surface area contributed by atoms with Crippen LogP contribution in [0.1, 0.15) is 25.3 Å². The van der Waals surface area contributed by atoms with Crippen LogP contribution < -0.4 is 10.2 Å². The van der Waals surface area contributed by atoms with Crippen molar-refractivity contribution in [2.45, 2.75) is 32.7 Å². The van der Waals surface area contributed by atoms with Gasteiger partial charge in [0.15, 0.2) is 0 Å². The number of rotatable bonds is 3. The first-order chi connectivity index (χ1) is 8.20. The first-order valence-corrected chi connectivity index (χ1v) is 7.24. The Balaban J connectivity index is 2.00. The van der Waals surface area contributed by atoms with E-state index >= 15 is 0 Å². The fourth-order valence-electron chi connectivity index (χ4n) is 2.48. The summed E-state index contributed by atoms with van der Waals surface area (Å²) >= 11 is 3.67. The zero-order valence-electron chi connectivity index (χ0n) is 10.7. The summed E-state index contributed by atoms with van der Waals surface area (Å²) in [6.45, 7) is 7.70. The molecule has 0 aromatic heterocycles. The van der Waals surface area contributed by atoms with Crippen molar-refractivity contribution in [2.75, 3.05) is 24.5 Å². The molecule has 1 aliphatic heterocycles. The van der Waals surface area contributed by atoms with E-state index in [1.165, 1.54) is 28.6 Å². The number of halogens is 1. The van der Waals surface area contributed by atoms with Crippen LogP contribution in [0.2, 0.25) is 0 Å². The Hall–Kier alpha value is -0.540. The highest BCUT2D eigenvalue weighted by Crippen LogP contribution is 2.29. The van der Waals surface area contributed by atoms with Crippen LogP contribution in [0.4, 0.5) is 5.69 Å². The first kappa shape index (κ1) is 12.9. The van der Waals surface area contributed by atoms with Crippen molar-refractivity contribution >= 4 is 21.6 Å². The molecule has 1 heterocycles. The van der Waals surface area contributed by atoms with Crippen molar-refractivity contribution in [3.63, 3.8) is 0 Å². The zero-order chi connectivity index (χ0) is 12.3. The maximum atomic E-state index is 3.67. The van der Waals surface area contributed by atoms with Crippen molar-refractivity contribution in [3.05, 3.63) is 28.2 Å². The van der Waals surface area contributed by atoms with Gasteiger partial charge in [0.05, 0.1) is 5.69 Å². The van der Waals surface area contributed by atoms with Gasteiger partial charge in [0.25, 0.3) is 0 Å². The topological polar surface area (TPSA) is 15.3 Å². The summed E-state index contributed by atoms with van der Waals surface area (Å²) < 4.78 is 1.22. The molecular formula is C14H21BrN2. The van der Waals surface area contributed by atoms with Gasteiger partial charge in [-0.2, -0.15) is 0 Å². The van der Waals surface area contributed by atoms with Gasteiger partial charge < -0.3 is 10.2 Å². The summed E-state index contributed by atoms with van der Waals surface area (Å²) in [6, 6.07) is 7.33. The normalized spacial score (nSPS) is 17.5. The standard InChI is InChI=1S/C14H21BrN2/c1-3-16-12-6-8-17(9-7-12)14-5-4-11(2)10-13(14)15/h4-5,10,12,16H,3,6-9H2,1-2H3. The summed E-state index contributed by atoms with van der Waals surface area (Å²) in [4.78, 5) is 2.48. The molecule has 0 amide bonds. The van der Waals surface area contributed by atoms with Crippen molar-refractivity contribution in [1.82, 2.24) is 5.32 Å². The highest BCUT2D eigenvalue weighted by molar-refractivity contribution is 9.10. The van der Waals surface area contributed by atoms with Crippen molar-refractivity contribution in [2.24, 2.45) is 0 Å². The van der Waals surface area contributed by atoms with Gasteiger partial charge in [-0.1, -0.05) is 13.0 Å². The summed E-state index contributed by atoms with van der Waals surface area (Å²) in [5, 5.41) is 3.54. The van der Waals surface area contributed by atoms with Crippen molar-refractivity contribution in [3.8, 4) is 0 Å². The van der Waals surface area contributed by atoms with E-state index in [0.29, 0.717) is 6.04 Å². The minimum atomic E-state index is 0.709. The number of piperidine rings is 1. The quantitative estimate of drug-likeness (QED) is 0.920. The number of nitrogens with one attached hydrogen (secondary N) is 1. The van der Waals surface area contributed by atoms with Gasteiger partial charge >= 0.3 is 0 Å². The van der Waals surface area contributed by atoms with Crippen LogP contribution in [0.3, 0.4) is 0 Å². The fraction of sp³-hybridized carbons (Fsp3) is 0.571. The second kappa shape index (κ2) is 5.87. The fourth-order valence-corrected chi connectivity index (χ4v) is 3.23. The Morgan fingerprint density at radius 2 is 2.06 bits per heavy atom. The minimum Gasteiger partial charge on any atom is -0.371 e. The lowest BCUT2D eigenvalue weighted by atomic mass is 10.0. The molecule has 2 nitrogen and oxygen atoms in total. The predicted octanol–water partition coefficient (Wildman–Crippen LogP) is 3.34. The Labute approximate surface area is 113 Å². The van der Waals surface area contributed by atoms with Gasteiger partial charge in [-0.05, 0) is 59.9 Å². The molecule has 1 fully saturated rings. The molecule has 2 rings (SSSR count). The monoisotopic (exact) mass is 296 g/mol. The molecule has 94 valence electrons. The van der Waals surface area contributed by atoms with Gasteiger partial charge in [-0.15, -0.1) is 0 Å². The molecule has 0 bridgehead atoms. The average Bonchev–Trinajstić information content (AvgIpc) is 2.31. The Morgan fingerprint density at radius 3 is 2.65 bits per heavy atom. The van der Waals surface area contributed by atoms with Crippen LogP contribution in [0.5, 0.6) is 0 Å². The number of anilines is 1. The molecule has 0 unspecified atom stereocenters. The van der Waals surface area contributed by atoms with Gasteiger partial charge in [-0.3, -0.25) is 0 Å². The summed E-state index contributed by atoms with van der Waals surface area (Å²) in [5.74, 6) is 0. The van der Waals surface area contributed by atoms with E-state index in [1.54, 1.807) is 0 Å². The van der Waals surface area contributed by atoms with Gasteiger partial charge in [0.2, 0.25) is 0 Å². The van der Waals surface area contributed by atoms with Gasteiger partial charge in [-0.25, -0.2) is 0 Å². The van der Waals surface area contributed by atoms with Crippen LogP contribution in [-0.2, 0) is 0 Å². The number of aryl methyl sites for hydroxylation is 1. The van der Waals surface area contributed by atoms with Crippen molar-refractivity contribution in [1.29, 1.82) is 0 Å². The number of nitrogens with zero attached hydrogens (tertiary/aromatic N) is 1. The molecule has 17 heavy (non-hydrogen) atoms. The molecule has 0 saturated carbocycles. The predicted molar refractivity (Wildman–Crippen MR) is 77.8 cm³/mol. The zero-order valence-corrected chi connectivity index (χ0v) is 12.3. The third-order valence-electron chi connectivity index (χ3n) is 3.43. The lowest BCUT2D eigenvalue weighted by Gasteiger charge is -2.34. The maximum Gasteiger partial charge on any atom is 0.0510 e. The van der Waals surface area contributed by atoms with E-state index in [2.05, 4.69) is 58.2 Å². The molecule has 0 atom stereocenters. The van der Waals surface area contributed by atoms with Crippen LogP contribution in [-0.4, -0.2) is 25.7 Å². The molecule has 1 saturated heterocycles. The lowest BCUT2D eigenvalue weighted by Crippen LogP contribution is -2.42. The molecule has 1 aliphatic rings. The largest absolute Gasteiger partial charge is 0.371 e. The van der Waals surface area contributed by atoms with E-state index in [-0.39, 0.29) is 0 Å². The van der Waals surface area contributed by atoms with E-state index in [9.17, 15) is 0 Å². The Bertz CT molecular complexity index is 370. The molecule has 0 radical (unpaired) electrons. The number of hydrogen-bond acceptors (Lipinski definition) is 2. The Kier molecular flexibility index (Phi) is 4.46. The Morgan fingerprint density at radius 1 is 1.35 bits per heavy atom. The molecule has 0 aliphatic carbocycles. The molecule has 0 spiro atoms. The van der Waals surface area contributed by atoms with Crippen LogP contribution in [0.15, 0.2) is 22.7 Å². The minimum absolute atomic E-state index is 0.709. The van der Waals surface area contributed by atoms with Crippen LogP contribution >= 0.6 is 15.9 Å². The highest BCUT2D eigenvalue weighted by atomic mass is 79.9. The smallest absolute Gasteiger partial charge is 0.0510 e. The number of hydrogen-bond donors (Lipinski definition) is 1. The van der Waals surface area contributed by atoms with Crippen molar-refractivity contribution < 1.29 is 0 Å². The van der Waals surface area contributed by atoms with E-state index in [0.717, 1.165) is 19.6 Å². The maximum absolute atomic E-state index is 3.67. The summed E-state index contributed by atoms with van der Waals surface area (Å²) in [7, 11) is 0. The molecule has 1 N–H and O–H groups in total. The average molecular weight is 297 g/mol. The first-order valence-electron chi connectivity index (χ1n) is 6.45. The third kappa shape index (κ3) is 3.23. The van der Waals surface area contributed by atoms with Crippen LogP contribution in [0.25, 0.3) is 0 Å². The van der Waals surface area contributed by atoms with Gasteiger partial charge in [0.1, 0.15) is 0 Å². The van der Waals surface area contributed by atoms with Crippen LogP contribution in [0, 0.1) is 6.92 Å². The second-order valence-electron chi connectivity index (χ2n) is 4.77. The third-order valence-corrected chi connectivity index (χ3v) is 4.07. The molecular weight excluding hydrogens is 276 g/mol. The second-order valence-corrected chi connectivity index (χ2v) is 5.63. The summed E-state index contributed by atoms with van der Waals surface area (Å²) in [6.07, 6.45) is 2.49. The van der Waals surface area contributed by atoms with Gasteiger partial charge in [0, 0.05) is 23.6 Å². The number of benzene rings is 1. The molecule has 3 heteroatoms. The molecule has 1 aromatic carbocycles. The summed E-state index contributed by atoms with van der Waals surface area (Å²) in [5.41, 5.74) is 2.65. The van der Waals surface area contributed by atoms with E-state index < -0.39 is 0 Å². The van der Waals surface area contributed by atoms with E-state index in [4.69, 9.17) is 0 Å².